The number of benzene rings is 1. The molecule has 2 amide bonds. The first-order valence-electron chi connectivity index (χ1n) is 8.12. The summed E-state index contributed by atoms with van der Waals surface area (Å²) < 4.78 is 13.9. The van der Waals surface area contributed by atoms with Crippen LogP contribution < -0.4 is 15.5 Å². The molecule has 0 spiro atoms. The number of anilines is 1. The van der Waals surface area contributed by atoms with Gasteiger partial charge in [-0.25, -0.2) is 9.18 Å². The van der Waals surface area contributed by atoms with E-state index in [1.807, 2.05) is 0 Å². The molecule has 3 N–H and O–H groups in total. The molecule has 6 heteroatoms. The van der Waals surface area contributed by atoms with Gasteiger partial charge in [0.2, 0.25) is 0 Å². The van der Waals surface area contributed by atoms with E-state index in [0.717, 1.165) is 25.7 Å². The minimum absolute atomic E-state index is 0.0154. The predicted octanol–water partition coefficient (Wildman–Crippen LogP) is 2.24. The predicted molar refractivity (Wildman–Crippen MR) is 88.9 cm³/mol. The molecular formula is C17H26FN3O2. The van der Waals surface area contributed by atoms with Gasteiger partial charge in [0.25, 0.3) is 0 Å². The number of aliphatic hydroxyl groups excluding tert-OH is 1. The first kappa shape index (κ1) is 17.5. The highest BCUT2D eigenvalue weighted by Crippen LogP contribution is 2.24. The Balaban J connectivity index is 1.85. The normalized spacial score (nSPS) is 20.9. The Morgan fingerprint density at radius 1 is 1.35 bits per heavy atom. The maximum Gasteiger partial charge on any atom is 0.315 e. The van der Waals surface area contributed by atoms with Crippen LogP contribution in [0.5, 0.6) is 0 Å². The van der Waals surface area contributed by atoms with Crippen LogP contribution in [0.25, 0.3) is 0 Å². The van der Waals surface area contributed by atoms with Crippen molar-refractivity contribution in [2.24, 2.45) is 5.92 Å². The Morgan fingerprint density at radius 2 is 2.09 bits per heavy atom. The van der Waals surface area contributed by atoms with Crippen molar-refractivity contribution < 1.29 is 14.3 Å². The van der Waals surface area contributed by atoms with Gasteiger partial charge in [-0.2, -0.15) is 0 Å². The van der Waals surface area contributed by atoms with E-state index in [4.69, 9.17) is 0 Å². The van der Waals surface area contributed by atoms with Crippen LogP contribution >= 0.6 is 0 Å². The van der Waals surface area contributed by atoms with Gasteiger partial charge < -0.3 is 20.6 Å². The third-order valence-corrected chi connectivity index (χ3v) is 4.41. The van der Waals surface area contributed by atoms with Gasteiger partial charge >= 0.3 is 6.03 Å². The van der Waals surface area contributed by atoms with E-state index in [9.17, 15) is 14.3 Å². The molecule has 0 saturated heterocycles. The number of nitrogens with zero attached hydrogens (tertiary/aromatic N) is 1. The van der Waals surface area contributed by atoms with E-state index in [0.29, 0.717) is 11.3 Å². The smallest absolute Gasteiger partial charge is 0.315 e. The number of halogens is 1. The molecular weight excluding hydrogens is 297 g/mol. The van der Waals surface area contributed by atoms with Crippen molar-refractivity contribution >= 4 is 11.7 Å². The third kappa shape index (κ3) is 4.82. The zero-order chi connectivity index (χ0) is 16.8. The second kappa shape index (κ2) is 8.15. The second-order valence-corrected chi connectivity index (χ2v) is 6.34. The molecule has 2 atom stereocenters. The number of carbonyl (C=O) groups excluding carboxylic acids is 1. The first-order valence-corrected chi connectivity index (χ1v) is 8.12. The lowest BCUT2D eigenvalue weighted by molar-refractivity contribution is 0.153. The molecule has 1 aromatic carbocycles. The highest BCUT2D eigenvalue weighted by Gasteiger charge is 2.25. The molecule has 0 radical (unpaired) electrons. The molecule has 0 bridgehead atoms. The Bertz CT molecular complexity index is 537. The van der Waals surface area contributed by atoms with Crippen LogP contribution in [-0.4, -0.2) is 37.9 Å². The number of nitrogens with one attached hydrogen (secondary N) is 2. The number of carbonyl (C=O) groups is 1. The number of rotatable bonds is 5. The summed E-state index contributed by atoms with van der Waals surface area (Å²) >= 11 is 0. The summed E-state index contributed by atoms with van der Waals surface area (Å²) in [5, 5.41) is 15.0. The zero-order valence-corrected chi connectivity index (χ0v) is 13.8. The Hall–Kier alpha value is -1.82. The Morgan fingerprint density at radius 3 is 2.74 bits per heavy atom. The molecule has 2 rings (SSSR count). The molecule has 128 valence electrons. The fourth-order valence-corrected chi connectivity index (χ4v) is 3.04. The van der Waals surface area contributed by atoms with Crippen LogP contribution in [0.3, 0.4) is 0 Å². The number of aliphatic hydroxyl groups is 1. The van der Waals surface area contributed by atoms with Gasteiger partial charge in [0, 0.05) is 39.2 Å². The topological polar surface area (TPSA) is 64.6 Å². The van der Waals surface area contributed by atoms with Crippen LogP contribution in [0.15, 0.2) is 18.2 Å². The van der Waals surface area contributed by atoms with E-state index in [1.165, 1.54) is 6.07 Å². The van der Waals surface area contributed by atoms with Gasteiger partial charge in [0.15, 0.2) is 0 Å². The summed E-state index contributed by atoms with van der Waals surface area (Å²) in [6.45, 7) is 0.370. The minimum atomic E-state index is -0.303. The Labute approximate surface area is 136 Å². The summed E-state index contributed by atoms with van der Waals surface area (Å²) in [6, 6.07) is 4.68. The second-order valence-electron chi connectivity index (χ2n) is 6.34. The maximum absolute atomic E-state index is 13.9. The van der Waals surface area contributed by atoms with E-state index < -0.39 is 0 Å². The van der Waals surface area contributed by atoms with Gasteiger partial charge in [-0.1, -0.05) is 18.9 Å². The van der Waals surface area contributed by atoms with Crippen LogP contribution in [0.4, 0.5) is 14.9 Å². The summed E-state index contributed by atoms with van der Waals surface area (Å²) in [7, 11) is 3.57. The summed E-state index contributed by atoms with van der Waals surface area (Å²) in [4.78, 5) is 13.7. The SMILES string of the molecule is CN(C)c1ccc(CNC(=O)NC2CCCCC2CO)cc1F. The van der Waals surface area contributed by atoms with Crippen molar-refractivity contribution in [2.45, 2.75) is 38.3 Å². The monoisotopic (exact) mass is 323 g/mol. The molecule has 23 heavy (non-hydrogen) atoms. The van der Waals surface area contributed by atoms with E-state index in [2.05, 4.69) is 10.6 Å². The largest absolute Gasteiger partial charge is 0.396 e. The molecule has 5 nitrogen and oxygen atoms in total. The third-order valence-electron chi connectivity index (χ3n) is 4.41. The van der Waals surface area contributed by atoms with Crippen molar-refractivity contribution in [3.8, 4) is 0 Å². The quantitative estimate of drug-likeness (QED) is 0.779. The molecule has 0 aromatic heterocycles. The minimum Gasteiger partial charge on any atom is -0.396 e. The van der Waals surface area contributed by atoms with Crippen molar-refractivity contribution in [1.82, 2.24) is 10.6 Å². The van der Waals surface area contributed by atoms with Crippen molar-refractivity contribution in [3.63, 3.8) is 0 Å². The van der Waals surface area contributed by atoms with Crippen LogP contribution in [0, 0.1) is 11.7 Å². The van der Waals surface area contributed by atoms with Crippen LogP contribution in [-0.2, 0) is 6.54 Å². The lowest BCUT2D eigenvalue weighted by Crippen LogP contribution is -2.47. The Kier molecular flexibility index (Phi) is 6.21. The number of hydrogen-bond donors (Lipinski definition) is 3. The van der Waals surface area contributed by atoms with Gasteiger partial charge in [-0.05, 0) is 30.5 Å². The van der Waals surface area contributed by atoms with Crippen molar-refractivity contribution in [3.05, 3.63) is 29.6 Å². The molecule has 2 unspecified atom stereocenters. The number of urea groups is 1. The lowest BCUT2D eigenvalue weighted by Gasteiger charge is -2.30. The van der Waals surface area contributed by atoms with Crippen molar-refractivity contribution in [1.29, 1.82) is 0 Å². The fraction of sp³-hybridized carbons (Fsp3) is 0.588. The average Bonchev–Trinajstić information content (AvgIpc) is 2.53. The van der Waals surface area contributed by atoms with E-state index >= 15 is 0 Å². The fourth-order valence-electron chi connectivity index (χ4n) is 3.04. The van der Waals surface area contributed by atoms with Crippen LogP contribution in [0.2, 0.25) is 0 Å². The molecule has 1 aromatic rings. The first-order chi connectivity index (χ1) is 11.0. The summed E-state index contributed by atoms with van der Waals surface area (Å²) in [6.07, 6.45) is 4.00. The van der Waals surface area contributed by atoms with Gasteiger partial charge in [-0.15, -0.1) is 0 Å². The van der Waals surface area contributed by atoms with Crippen LogP contribution in [0.1, 0.15) is 31.2 Å². The van der Waals surface area contributed by atoms with E-state index in [-0.39, 0.29) is 37.0 Å². The summed E-state index contributed by atoms with van der Waals surface area (Å²) in [5.74, 6) is -0.173. The zero-order valence-electron chi connectivity index (χ0n) is 13.8. The average molecular weight is 323 g/mol. The number of amides is 2. The molecule has 0 heterocycles. The highest BCUT2D eigenvalue weighted by atomic mass is 19.1. The summed E-state index contributed by atoms with van der Waals surface area (Å²) in [5.41, 5.74) is 1.23. The lowest BCUT2D eigenvalue weighted by atomic mass is 9.85. The maximum atomic E-state index is 13.9. The highest BCUT2D eigenvalue weighted by molar-refractivity contribution is 5.74. The van der Waals surface area contributed by atoms with Gasteiger partial charge in [0.05, 0.1) is 5.69 Å². The molecule has 0 aliphatic heterocycles. The molecule has 1 aliphatic carbocycles. The molecule has 1 fully saturated rings. The molecule has 1 saturated carbocycles. The standard InChI is InChI=1S/C17H26FN3O2/c1-21(2)16-8-7-12(9-14(16)18)10-19-17(23)20-15-6-4-3-5-13(15)11-22/h7-9,13,15,22H,3-6,10-11H2,1-2H3,(H2,19,20,23). The van der Waals surface area contributed by atoms with E-state index in [1.54, 1.807) is 31.1 Å². The van der Waals surface area contributed by atoms with Gasteiger partial charge in [0.1, 0.15) is 5.82 Å². The van der Waals surface area contributed by atoms with Crippen molar-refractivity contribution in [2.75, 3.05) is 25.6 Å². The number of hydrogen-bond acceptors (Lipinski definition) is 3. The van der Waals surface area contributed by atoms with Gasteiger partial charge in [-0.3, -0.25) is 0 Å². The molecule has 1 aliphatic rings.